The van der Waals surface area contributed by atoms with Gasteiger partial charge < -0.3 is 34.9 Å². The molecule has 2 aliphatic rings. The number of hydrogen-bond acceptors (Lipinski definition) is 10. The highest BCUT2D eigenvalue weighted by Crippen LogP contribution is 2.42. The lowest BCUT2D eigenvalue weighted by Crippen LogP contribution is -2.51. The lowest BCUT2D eigenvalue weighted by molar-refractivity contribution is -0.276. The number of urea groups is 1. The van der Waals surface area contributed by atoms with Crippen molar-refractivity contribution in [1.82, 2.24) is 25.5 Å². The van der Waals surface area contributed by atoms with Crippen molar-refractivity contribution in [2.75, 3.05) is 50.8 Å². The number of piperazine rings is 1. The number of nitrogens with one attached hydrogen (secondary N) is 2. The maximum atomic E-state index is 12.3. The van der Waals surface area contributed by atoms with Crippen LogP contribution in [0, 0.1) is 5.92 Å². The predicted molar refractivity (Wildman–Crippen MR) is 192 cm³/mol. The highest BCUT2D eigenvalue weighted by molar-refractivity contribution is 5.81. The maximum Gasteiger partial charge on any atom is 0.325 e. The number of benzene rings is 3. The lowest BCUT2D eigenvalue weighted by Gasteiger charge is -2.44. The van der Waals surface area contributed by atoms with Crippen LogP contribution in [-0.2, 0) is 32.2 Å². The first kappa shape index (κ1) is 35.9. The quantitative estimate of drug-likeness (QED) is 0.180. The maximum absolute atomic E-state index is 12.3. The summed E-state index contributed by atoms with van der Waals surface area (Å²) < 4.78 is 18.3. The number of carbonyl (C=O) groups excluding carboxylic acids is 2. The zero-order chi connectivity index (χ0) is 35.6. The molecule has 3 N–H and O–H groups in total. The molecule has 2 amide bonds. The molecule has 0 unspecified atom stereocenters. The molecule has 4 aromatic rings. The third kappa shape index (κ3) is 9.27. The molecule has 2 saturated heterocycles. The van der Waals surface area contributed by atoms with Gasteiger partial charge in [-0.3, -0.25) is 9.69 Å². The first-order valence-corrected chi connectivity index (χ1v) is 17.5. The molecule has 2 aliphatic heterocycles. The molecule has 6 rings (SSSR count). The number of aromatic nitrogens is 2. The molecule has 2 fully saturated rings. The van der Waals surface area contributed by atoms with E-state index in [2.05, 4.69) is 37.3 Å². The fraction of sp³-hybridized carbons (Fsp3) is 0.385. The minimum absolute atomic E-state index is 0.00998. The van der Waals surface area contributed by atoms with E-state index in [1.54, 1.807) is 19.3 Å². The van der Waals surface area contributed by atoms with E-state index in [1.165, 1.54) is 0 Å². The van der Waals surface area contributed by atoms with Gasteiger partial charge in [0.2, 0.25) is 5.95 Å². The Morgan fingerprint density at radius 1 is 0.882 bits per heavy atom. The first-order valence-electron chi connectivity index (χ1n) is 17.5. The number of ether oxygens (including phenoxy) is 3. The molecule has 0 saturated carbocycles. The third-order valence-electron chi connectivity index (χ3n) is 9.42. The number of aliphatic hydroxyl groups is 1. The van der Waals surface area contributed by atoms with Gasteiger partial charge in [-0.05, 0) is 40.8 Å². The number of anilines is 1. The number of esters is 1. The molecule has 3 aromatic carbocycles. The first-order chi connectivity index (χ1) is 24.9. The summed E-state index contributed by atoms with van der Waals surface area (Å²) in [4.78, 5) is 37.4. The van der Waals surface area contributed by atoms with Gasteiger partial charge in [-0.15, -0.1) is 0 Å². The van der Waals surface area contributed by atoms with E-state index in [-0.39, 0.29) is 44.4 Å². The van der Waals surface area contributed by atoms with Crippen LogP contribution in [0.15, 0.2) is 91.3 Å². The summed E-state index contributed by atoms with van der Waals surface area (Å²) in [6.45, 7) is 8.45. The van der Waals surface area contributed by atoms with Gasteiger partial charge in [0.05, 0.1) is 25.4 Å². The molecule has 0 aliphatic carbocycles. The molecule has 12 nitrogen and oxygen atoms in total. The van der Waals surface area contributed by atoms with Crippen LogP contribution >= 0.6 is 0 Å². The molecule has 51 heavy (non-hydrogen) atoms. The van der Waals surface area contributed by atoms with Crippen LogP contribution in [-0.4, -0.2) is 84.0 Å². The molecular formula is C39H46N6O6. The van der Waals surface area contributed by atoms with Gasteiger partial charge in [0.15, 0.2) is 6.29 Å². The Labute approximate surface area is 298 Å². The Hall–Kier alpha value is -4.88. The van der Waals surface area contributed by atoms with Crippen molar-refractivity contribution in [3.05, 3.63) is 114 Å². The Balaban J connectivity index is 1.15. The van der Waals surface area contributed by atoms with E-state index < -0.39 is 18.3 Å². The van der Waals surface area contributed by atoms with E-state index in [4.69, 9.17) is 14.2 Å². The molecule has 268 valence electrons. The van der Waals surface area contributed by atoms with Gasteiger partial charge in [-0.1, -0.05) is 79.7 Å². The average molecular weight is 695 g/mol. The highest BCUT2D eigenvalue weighted by Gasteiger charge is 2.39. The standard InChI is InChI=1S/C39H46N6O6/c1-3-49-35(47)24-43-39(48)42-23-32-7-4-5-8-33(32)29-13-15-31(16-14-29)37-50-34(27(2)36(51-37)30-11-9-28(26-46)10-12-30)25-44-19-21-45(22-20-44)38-40-17-6-18-41-38/h4-18,27,34,36-37,46H,3,19-26H2,1-2H3,(H2,42,43,48)/t27-,34+,36+,37+/m1/s1. The van der Waals surface area contributed by atoms with Crippen LogP contribution in [0.2, 0.25) is 0 Å². The van der Waals surface area contributed by atoms with Gasteiger partial charge in [-0.2, -0.15) is 0 Å². The summed E-state index contributed by atoms with van der Waals surface area (Å²) in [5.41, 5.74) is 5.71. The van der Waals surface area contributed by atoms with E-state index in [0.717, 1.165) is 72.1 Å². The van der Waals surface area contributed by atoms with Crippen molar-refractivity contribution in [2.24, 2.45) is 5.92 Å². The van der Waals surface area contributed by atoms with Crippen molar-refractivity contribution in [3.8, 4) is 11.1 Å². The molecule has 3 heterocycles. The summed E-state index contributed by atoms with van der Waals surface area (Å²) in [6.07, 6.45) is 2.68. The Kier molecular flexibility index (Phi) is 12.2. The smallest absolute Gasteiger partial charge is 0.325 e. The number of carbonyl (C=O) groups is 2. The molecule has 4 atom stereocenters. The monoisotopic (exact) mass is 694 g/mol. The molecule has 12 heteroatoms. The molecule has 0 radical (unpaired) electrons. The van der Waals surface area contributed by atoms with Crippen LogP contribution in [0.4, 0.5) is 10.7 Å². The summed E-state index contributed by atoms with van der Waals surface area (Å²) in [5, 5.41) is 15.0. The topological polar surface area (TPSA) is 138 Å². The SMILES string of the molecule is CCOC(=O)CNC(=O)NCc1ccccc1-c1ccc([C@H]2O[C@@H](CN3CCN(c4ncccn4)CC3)[C@@H](C)[C@@H](c3ccc(CO)cc3)O2)cc1. The van der Waals surface area contributed by atoms with E-state index in [0.29, 0.717) is 0 Å². The van der Waals surface area contributed by atoms with Gasteiger partial charge in [0.1, 0.15) is 6.54 Å². The van der Waals surface area contributed by atoms with Crippen LogP contribution in [0.25, 0.3) is 11.1 Å². The van der Waals surface area contributed by atoms with Crippen molar-refractivity contribution in [3.63, 3.8) is 0 Å². The van der Waals surface area contributed by atoms with E-state index >= 15 is 0 Å². The molecule has 1 aromatic heterocycles. The summed E-state index contributed by atoms with van der Waals surface area (Å²) >= 11 is 0. The second-order valence-electron chi connectivity index (χ2n) is 12.8. The Bertz CT molecular complexity index is 1720. The van der Waals surface area contributed by atoms with Crippen LogP contribution < -0.4 is 15.5 Å². The number of rotatable bonds is 12. The fourth-order valence-corrected chi connectivity index (χ4v) is 6.55. The summed E-state index contributed by atoms with van der Waals surface area (Å²) in [5.74, 6) is 0.353. The van der Waals surface area contributed by atoms with Gasteiger partial charge in [0.25, 0.3) is 0 Å². The van der Waals surface area contributed by atoms with Crippen LogP contribution in [0.5, 0.6) is 0 Å². The third-order valence-corrected chi connectivity index (χ3v) is 9.42. The van der Waals surface area contributed by atoms with Crippen LogP contribution in [0.3, 0.4) is 0 Å². The zero-order valence-electron chi connectivity index (χ0n) is 29.1. The zero-order valence-corrected chi connectivity index (χ0v) is 29.1. The minimum atomic E-state index is -0.582. The Morgan fingerprint density at radius 2 is 1.59 bits per heavy atom. The fourth-order valence-electron chi connectivity index (χ4n) is 6.55. The summed E-state index contributed by atoms with van der Waals surface area (Å²) in [7, 11) is 0. The second-order valence-corrected chi connectivity index (χ2v) is 12.8. The number of aliphatic hydroxyl groups excluding tert-OH is 1. The van der Waals surface area contributed by atoms with E-state index in [1.807, 2.05) is 78.9 Å². The molecular weight excluding hydrogens is 648 g/mol. The second kappa shape index (κ2) is 17.4. The van der Waals surface area contributed by atoms with Gasteiger partial charge in [0, 0.05) is 63.1 Å². The summed E-state index contributed by atoms with van der Waals surface area (Å²) in [6, 6.07) is 25.4. The van der Waals surface area contributed by atoms with Gasteiger partial charge >= 0.3 is 12.0 Å². The Morgan fingerprint density at radius 3 is 2.29 bits per heavy atom. The predicted octanol–water partition coefficient (Wildman–Crippen LogP) is 4.61. The molecule has 0 bridgehead atoms. The van der Waals surface area contributed by atoms with Crippen molar-refractivity contribution in [1.29, 1.82) is 0 Å². The normalized spacial score (nSPS) is 20.8. The highest BCUT2D eigenvalue weighted by atomic mass is 16.7. The van der Waals surface area contributed by atoms with Crippen LogP contribution in [0.1, 0.15) is 48.5 Å². The number of hydrogen-bond donors (Lipinski definition) is 3. The number of nitrogens with zero attached hydrogens (tertiary/aromatic N) is 4. The average Bonchev–Trinajstić information content (AvgIpc) is 3.18. The van der Waals surface area contributed by atoms with E-state index in [9.17, 15) is 14.7 Å². The molecule has 0 spiro atoms. The minimum Gasteiger partial charge on any atom is -0.465 e. The number of amides is 2. The largest absolute Gasteiger partial charge is 0.465 e. The van der Waals surface area contributed by atoms with Gasteiger partial charge in [-0.25, -0.2) is 14.8 Å². The lowest BCUT2D eigenvalue weighted by atomic mass is 9.89. The van der Waals surface area contributed by atoms with Crippen molar-refractivity contribution >= 4 is 17.9 Å². The van der Waals surface area contributed by atoms with Crippen molar-refractivity contribution < 1.29 is 28.9 Å². The van der Waals surface area contributed by atoms with Crippen molar-refractivity contribution in [2.45, 2.75) is 45.5 Å².